The number of carbonyl (C=O) groups is 1. The molecule has 1 fully saturated rings. The van der Waals surface area contributed by atoms with Crippen molar-refractivity contribution in [2.75, 3.05) is 20.2 Å². The molecule has 0 aromatic carbocycles. The van der Waals surface area contributed by atoms with E-state index < -0.39 is 5.60 Å². The second kappa shape index (κ2) is 7.25. The van der Waals surface area contributed by atoms with Crippen LogP contribution in [0.4, 0.5) is 0 Å². The third-order valence-electron chi connectivity index (χ3n) is 4.29. The average Bonchev–Trinajstić information content (AvgIpc) is 2.44. The van der Waals surface area contributed by atoms with E-state index >= 15 is 0 Å². The lowest BCUT2D eigenvalue weighted by Crippen LogP contribution is -2.55. The van der Waals surface area contributed by atoms with Gasteiger partial charge in [0.1, 0.15) is 5.60 Å². The van der Waals surface area contributed by atoms with Gasteiger partial charge in [-0.25, -0.2) is 0 Å². The summed E-state index contributed by atoms with van der Waals surface area (Å²) in [6.07, 6.45) is 4.36. The summed E-state index contributed by atoms with van der Waals surface area (Å²) in [5.41, 5.74) is -0.695. The smallest absolute Gasteiger partial charge is 0.254 e. The summed E-state index contributed by atoms with van der Waals surface area (Å²) in [5, 5.41) is 3.51. The number of amides is 1. The Balaban J connectivity index is 2.73. The quantitative estimate of drug-likeness (QED) is 0.804. The van der Waals surface area contributed by atoms with E-state index in [0.717, 1.165) is 19.5 Å². The lowest BCUT2D eigenvalue weighted by Gasteiger charge is -2.38. The van der Waals surface area contributed by atoms with Crippen LogP contribution in [0.2, 0.25) is 0 Å². The molecule has 2 atom stereocenters. The first kappa shape index (κ1) is 16.4. The van der Waals surface area contributed by atoms with Crippen molar-refractivity contribution in [1.29, 1.82) is 0 Å². The molecule has 1 N–H and O–H groups in total. The highest BCUT2D eigenvalue weighted by atomic mass is 16.5. The van der Waals surface area contributed by atoms with Crippen molar-refractivity contribution in [3.05, 3.63) is 0 Å². The number of nitrogens with zero attached hydrogens (tertiary/aromatic N) is 1. The lowest BCUT2D eigenvalue weighted by atomic mass is 9.98. The van der Waals surface area contributed by atoms with Gasteiger partial charge in [-0.15, -0.1) is 0 Å². The molecule has 0 saturated carbocycles. The molecule has 0 spiro atoms. The maximum atomic E-state index is 12.7. The first-order valence-corrected chi connectivity index (χ1v) is 7.54. The number of piperidine rings is 1. The van der Waals surface area contributed by atoms with Crippen LogP contribution < -0.4 is 5.32 Å². The van der Waals surface area contributed by atoms with Crippen molar-refractivity contribution in [3.63, 3.8) is 0 Å². The van der Waals surface area contributed by atoms with E-state index in [1.165, 1.54) is 12.8 Å². The van der Waals surface area contributed by atoms with E-state index in [4.69, 9.17) is 4.74 Å². The average molecular weight is 270 g/mol. The molecule has 112 valence electrons. The fraction of sp³-hybridized carbons (Fsp3) is 0.933. The van der Waals surface area contributed by atoms with Crippen molar-refractivity contribution in [3.8, 4) is 0 Å². The summed E-state index contributed by atoms with van der Waals surface area (Å²) in [6.45, 7) is 9.90. The van der Waals surface area contributed by atoms with Gasteiger partial charge in [-0.05, 0) is 46.6 Å². The monoisotopic (exact) mass is 270 g/mol. The van der Waals surface area contributed by atoms with Crippen LogP contribution in [0.3, 0.4) is 0 Å². The molecule has 0 aromatic heterocycles. The molecular formula is C15H30N2O2. The fourth-order valence-electron chi connectivity index (χ4n) is 2.53. The van der Waals surface area contributed by atoms with Crippen LogP contribution >= 0.6 is 0 Å². The predicted octanol–water partition coefficient (Wildman–Crippen LogP) is 2.18. The molecule has 1 rings (SSSR count). The maximum Gasteiger partial charge on any atom is 0.254 e. The van der Waals surface area contributed by atoms with Gasteiger partial charge in [0.2, 0.25) is 0 Å². The molecule has 2 unspecified atom stereocenters. The van der Waals surface area contributed by atoms with Gasteiger partial charge in [0.25, 0.3) is 5.91 Å². The molecule has 0 aliphatic carbocycles. The Hall–Kier alpha value is -0.610. The largest absolute Gasteiger partial charge is 0.369 e. The summed E-state index contributed by atoms with van der Waals surface area (Å²) in [4.78, 5) is 14.7. The third-order valence-corrected chi connectivity index (χ3v) is 4.29. The van der Waals surface area contributed by atoms with Gasteiger partial charge in [0.15, 0.2) is 0 Å². The second-order valence-electron chi connectivity index (χ2n) is 5.99. The van der Waals surface area contributed by atoms with E-state index in [2.05, 4.69) is 19.2 Å². The van der Waals surface area contributed by atoms with Crippen LogP contribution in [0.1, 0.15) is 53.4 Å². The molecule has 1 heterocycles. The summed E-state index contributed by atoms with van der Waals surface area (Å²) in [5.74, 6) is 0.111. The first-order chi connectivity index (χ1) is 8.94. The van der Waals surface area contributed by atoms with Gasteiger partial charge >= 0.3 is 0 Å². The highest BCUT2D eigenvalue weighted by Gasteiger charge is 2.37. The number of hydrogen-bond donors (Lipinski definition) is 1. The highest BCUT2D eigenvalue weighted by Crippen LogP contribution is 2.20. The van der Waals surface area contributed by atoms with Gasteiger partial charge < -0.3 is 15.0 Å². The Morgan fingerprint density at radius 2 is 2.16 bits per heavy atom. The van der Waals surface area contributed by atoms with Crippen LogP contribution in [0, 0.1) is 0 Å². The molecule has 1 saturated heterocycles. The van der Waals surface area contributed by atoms with Crippen LogP contribution in [-0.2, 0) is 9.53 Å². The highest BCUT2D eigenvalue weighted by molar-refractivity contribution is 5.85. The van der Waals surface area contributed by atoms with Gasteiger partial charge in [-0.1, -0.05) is 13.3 Å². The molecular weight excluding hydrogens is 240 g/mol. The molecule has 19 heavy (non-hydrogen) atoms. The summed E-state index contributed by atoms with van der Waals surface area (Å²) >= 11 is 0. The number of methoxy groups -OCH3 is 1. The van der Waals surface area contributed by atoms with Crippen molar-refractivity contribution in [2.45, 2.75) is 71.1 Å². The van der Waals surface area contributed by atoms with Crippen LogP contribution in [0.5, 0.6) is 0 Å². The zero-order valence-corrected chi connectivity index (χ0v) is 13.2. The van der Waals surface area contributed by atoms with Crippen molar-refractivity contribution >= 4 is 5.91 Å². The maximum absolute atomic E-state index is 12.7. The van der Waals surface area contributed by atoms with E-state index in [0.29, 0.717) is 12.5 Å². The number of hydrogen-bond acceptors (Lipinski definition) is 3. The number of rotatable bonds is 6. The minimum absolute atomic E-state index is 0.111. The molecule has 0 radical (unpaired) electrons. The Morgan fingerprint density at radius 1 is 1.47 bits per heavy atom. The van der Waals surface area contributed by atoms with Gasteiger partial charge in [-0.3, -0.25) is 4.79 Å². The minimum atomic E-state index is -0.695. The van der Waals surface area contributed by atoms with Gasteiger partial charge in [0.05, 0.1) is 0 Å². The van der Waals surface area contributed by atoms with Crippen LogP contribution in [0.25, 0.3) is 0 Å². The summed E-state index contributed by atoms with van der Waals surface area (Å²) in [6, 6.07) is 0.635. The van der Waals surface area contributed by atoms with Crippen molar-refractivity contribution < 1.29 is 9.53 Å². The molecule has 1 amide bonds. The number of carbonyl (C=O) groups excluding carboxylic acids is 1. The van der Waals surface area contributed by atoms with E-state index in [-0.39, 0.29) is 11.9 Å². The SMILES string of the molecule is CCC(C)(OC)C(=O)N(CC1CCCCN1)C(C)C. The minimum Gasteiger partial charge on any atom is -0.369 e. The van der Waals surface area contributed by atoms with Gasteiger partial charge in [-0.2, -0.15) is 0 Å². The molecule has 0 bridgehead atoms. The molecule has 4 heteroatoms. The standard InChI is InChI=1S/C15H30N2O2/c1-6-15(4,19-5)14(18)17(12(2)3)11-13-9-7-8-10-16-13/h12-13,16H,6-11H2,1-5H3. The topological polar surface area (TPSA) is 41.6 Å². The first-order valence-electron chi connectivity index (χ1n) is 7.54. The van der Waals surface area contributed by atoms with Crippen LogP contribution in [0.15, 0.2) is 0 Å². The summed E-state index contributed by atoms with van der Waals surface area (Å²) in [7, 11) is 1.62. The Kier molecular flexibility index (Phi) is 6.27. The Labute approximate surface area is 117 Å². The Morgan fingerprint density at radius 3 is 2.58 bits per heavy atom. The van der Waals surface area contributed by atoms with Crippen molar-refractivity contribution in [1.82, 2.24) is 10.2 Å². The third kappa shape index (κ3) is 4.18. The van der Waals surface area contributed by atoms with E-state index in [9.17, 15) is 4.79 Å². The summed E-state index contributed by atoms with van der Waals surface area (Å²) < 4.78 is 5.46. The van der Waals surface area contributed by atoms with Crippen molar-refractivity contribution in [2.24, 2.45) is 0 Å². The van der Waals surface area contributed by atoms with E-state index in [1.807, 2.05) is 18.7 Å². The van der Waals surface area contributed by atoms with Gasteiger partial charge in [0, 0.05) is 25.7 Å². The Bertz CT molecular complexity index is 282. The van der Waals surface area contributed by atoms with E-state index in [1.54, 1.807) is 7.11 Å². The number of nitrogens with one attached hydrogen (secondary N) is 1. The molecule has 4 nitrogen and oxygen atoms in total. The van der Waals surface area contributed by atoms with Crippen LogP contribution in [-0.4, -0.2) is 48.7 Å². The second-order valence-corrected chi connectivity index (χ2v) is 5.99. The zero-order chi connectivity index (χ0) is 14.5. The fourth-order valence-corrected chi connectivity index (χ4v) is 2.53. The number of ether oxygens (including phenoxy) is 1. The predicted molar refractivity (Wildman–Crippen MR) is 78.2 cm³/mol. The normalized spacial score (nSPS) is 23.2. The molecule has 1 aliphatic heterocycles. The molecule has 1 aliphatic rings. The molecule has 0 aromatic rings. The lowest BCUT2D eigenvalue weighted by molar-refractivity contribution is -0.155. The zero-order valence-electron chi connectivity index (χ0n) is 13.2.